The van der Waals surface area contributed by atoms with Crippen LogP contribution in [0.2, 0.25) is 0 Å². The van der Waals surface area contributed by atoms with Gasteiger partial charge >= 0.3 is 0 Å². The van der Waals surface area contributed by atoms with Gasteiger partial charge in [-0.05, 0) is 25.1 Å². The van der Waals surface area contributed by atoms with E-state index in [-0.39, 0.29) is 11.7 Å². The van der Waals surface area contributed by atoms with Crippen LogP contribution in [0, 0.1) is 5.82 Å². The fourth-order valence-electron chi connectivity index (χ4n) is 3.16. The van der Waals surface area contributed by atoms with Gasteiger partial charge in [0.2, 0.25) is 0 Å². The molecule has 148 valence electrons. The second kappa shape index (κ2) is 8.34. The van der Waals surface area contributed by atoms with E-state index in [0.29, 0.717) is 49.2 Å². The minimum absolute atomic E-state index is 0.222. The van der Waals surface area contributed by atoms with Crippen LogP contribution in [0.5, 0.6) is 0 Å². The number of anilines is 1. The Balaban J connectivity index is 1.63. The van der Waals surface area contributed by atoms with Crippen LogP contribution in [-0.4, -0.2) is 65.0 Å². The number of thiazole rings is 1. The Morgan fingerprint density at radius 2 is 2.14 bits per heavy atom. The molecule has 3 heterocycles. The SMILES string of the molecule is CCn1ccc(C(=O)N(CCN2CCOCC2)c2nc3c(F)cccc3s2)n1. The summed E-state index contributed by atoms with van der Waals surface area (Å²) in [6.07, 6.45) is 1.78. The highest BCUT2D eigenvalue weighted by Crippen LogP contribution is 2.31. The lowest BCUT2D eigenvalue weighted by Crippen LogP contribution is -2.43. The standard InChI is InChI=1S/C19H22FN5O2S/c1-2-24-7-6-15(22-24)18(26)25(9-8-23-10-12-27-13-11-23)19-21-17-14(20)4-3-5-16(17)28-19/h3-7H,2,8-13H2,1H3. The molecule has 0 saturated carbocycles. The van der Waals surface area contributed by atoms with Gasteiger partial charge in [-0.15, -0.1) is 0 Å². The summed E-state index contributed by atoms with van der Waals surface area (Å²) in [6.45, 7) is 6.87. The second-order valence-electron chi connectivity index (χ2n) is 6.55. The maximum atomic E-state index is 14.1. The minimum atomic E-state index is -0.379. The number of ether oxygens (including phenoxy) is 1. The Hall–Kier alpha value is -2.36. The number of rotatable bonds is 6. The van der Waals surface area contributed by atoms with Crippen LogP contribution in [-0.2, 0) is 11.3 Å². The number of para-hydroxylation sites is 1. The molecule has 4 rings (SSSR count). The Labute approximate surface area is 166 Å². The quantitative estimate of drug-likeness (QED) is 0.633. The number of hydrogen-bond acceptors (Lipinski definition) is 6. The summed E-state index contributed by atoms with van der Waals surface area (Å²) in [6, 6.07) is 6.56. The normalized spacial score (nSPS) is 15.2. The zero-order chi connectivity index (χ0) is 19.5. The highest BCUT2D eigenvalue weighted by atomic mass is 32.1. The van der Waals surface area contributed by atoms with Crippen LogP contribution >= 0.6 is 11.3 Å². The lowest BCUT2D eigenvalue weighted by atomic mass is 10.3. The van der Waals surface area contributed by atoms with Crippen molar-refractivity contribution in [2.75, 3.05) is 44.3 Å². The second-order valence-corrected chi connectivity index (χ2v) is 7.56. The summed E-state index contributed by atoms with van der Waals surface area (Å²) in [7, 11) is 0. The van der Waals surface area contributed by atoms with Crippen molar-refractivity contribution in [3.63, 3.8) is 0 Å². The molecule has 1 amide bonds. The molecule has 0 radical (unpaired) electrons. The fraction of sp³-hybridized carbons (Fsp3) is 0.421. The predicted molar refractivity (Wildman–Crippen MR) is 106 cm³/mol. The van der Waals surface area contributed by atoms with Gasteiger partial charge in [-0.2, -0.15) is 5.10 Å². The number of carbonyl (C=O) groups excluding carboxylic acids is 1. The van der Waals surface area contributed by atoms with Gasteiger partial charge in [-0.25, -0.2) is 9.37 Å². The summed E-state index contributed by atoms with van der Waals surface area (Å²) in [5.41, 5.74) is 0.661. The molecular weight excluding hydrogens is 381 g/mol. The third-order valence-corrected chi connectivity index (χ3v) is 5.81. The zero-order valence-electron chi connectivity index (χ0n) is 15.7. The Bertz CT molecular complexity index is 966. The summed E-state index contributed by atoms with van der Waals surface area (Å²) < 4.78 is 21.9. The van der Waals surface area contributed by atoms with Crippen molar-refractivity contribution in [1.29, 1.82) is 0 Å². The number of hydrogen-bond donors (Lipinski definition) is 0. The largest absolute Gasteiger partial charge is 0.379 e. The van der Waals surface area contributed by atoms with Gasteiger partial charge in [0.25, 0.3) is 5.91 Å². The van der Waals surface area contributed by atoms with Gasteiger partial charge in [-0.1, -0.05) is 17.4 Å². The Morgan fingerprint density at radius 3 is 2.86 bits per heavy atom. The summed E-state index contributed by atoms with van der Waals surface area (Å²) in [5, 5.41) is 4.83. The molecule has 0 atom stereocenters. The van der Waals surface area contributed by atoms with Crippen molar-refractivity contribution in [1.82, 2.24) is 19.7 Å². The molecule has 1 aromatic carbocycles. The first-order chi connectivity index (χ1) is 13.7. The number of aromatic nitrogens is 3. The van der Waals surface area contributed by atoms with Crippen molar-refractivity contribution >= 4 is 32.6 Å². The molecule has 28 heavy (non-hydrogen) atoms. The van der Waals surface area contributed by atoms with E-state index in [1.54, 1.807) is 27.9 Å². The van der Waals surface area contributed by atoms with Crippen LogP contribution in [0.25, 0.3) is 10.2 Å². The first kappa shape index (κ1) is 19.0. The number of halogens is 1. The summed E-state index contributed by atoms with van der Waals surface area (Å²) in [5.74, 6) is -0.601. The van der Waals surface area contributed by atoms with Crippen molar-refractivity contribution < 1.29 is 13.9 Å². The average molecular weight is 403 g/mol. The molecule has 0 bridgehead atoms. The maximum Gasteiger partial charge on any atom is 0.280 e. The predicted octanol–water partition coefficient (Wildman–Crippen LogP) is 2.63. The number of morpholine rings is 1. The molecular formula is C19H22FN5O2S. The average Bonchev–Trinajstić information content (AvgIpc) is 3.36. The first-order valence-corrected chi connectivity index (χ1v) is 10.2. The fourth-order valence-corrected chi connectivity index (χ4v) is 4.16. The molecule has 1 fully saturated rings. The van der Waals surface area contributed by atoms with Gasteiger partial charge in [-0.3, -0.25) is 19.3 Å². The third-order valence-electron chi connectivity index (χ3n) is 4.76. The van der Waals surface area contributed by atoms with E-state index in [1.165, 1.54) is 17.4 Å². The Morgan fingerprint density at radius 1 is 1.32 bits per heavy atom. The summed E-state index contributed by atoms with van der Waals surface area (Å²) in [4.78, 5) is 21.5. The lowest BCUT2D eigenvalue weighted by Gasteiger charge is -2.29. The maximum absolute atomic E-state index is 14.1. The number of fused-ring (bicyclic) bond motifs is 1. The molecule has 0 unspecified atom stereocenters. The van der Waals surface area contributed by atoms with Crippen LogP contribution in [0.1, 0.15) is 17.4 Å². The number of benzene rings is 1. The van der Waals surface area contributed by atoms with Crippen LogP contribution < -0.4 is 4.90 Å². The van der Waals surface area contributed by atoms with Gasteiger partial charge in [0, 0.05) is 38.9 Å². The van der Waals surface area contributed by atoms with Crippen LogP contribution in [0.15, 0.2) is 30.5 Å². The number of amides is 1. The van der Waals surface area contributed by atoms with E-state index in [0.717, 1.165) is 17.8 Å². The van der Waals surface area contributed by atoms with E-state index >= 15 is 0 Å². The Kier molecular flexibility index (Phi) is 5.65. The van der Waals surface area contributed by atoms with E-state index in [4.69, 9.17) is 4.74 Å². The van der Waals surface area contributed by atoms with Crippen molar-refractivity contribution in [3.05, 3.63) is 42.0 Å². The van der Waals surface area contributed by atoms with Crippen LogP contribution in [0.4, 0.5) is 9.52 Å². The number of nitrogens with zero attached hydrogens (tertiary/aromatic N) is 5. The molecule has 3 aromatic rings. The third kappa shape index (κ3) is 3.91. The topological polar surface area (TPSA) is 63.5 Å². The van der Waals surface area contributed by atoms with Gasteiger partial charge in [0.05, 0.1) is 17.9 Å². The molecule has 7 nitrogen and oxygen atoms in total. The first-order valence-electron chi connectivity index (χ1n) is 9.36. The van der Waals surface area contributed by atoms with Crippen molar-refractivity contribution in [2.24, 2.45) is 0 Å². The molecule has 9 heteroatoms. The molecule has 0 spiro atoms. The zero-order valence-corrected chi connectivity index (χ0v) is 16.5. The number of aryl methyl sites for hydroxylation is 1. The highest BCUT2D eigenvalue weighted by Gasteiger charge is 2.25. The van der Waals surface area contributed by atoms with E-state index in [9.17, 15) is 9.18 Å². The number of carbonyl (C=O) groups is 1. The molecule has 1 aliphatic heterocycles. The van der Waals surface area contributed by atoms with E-state index in [1.807, 2.05) is 13.0 Å². The van der Waals surface area contributed by atoms with E-state index in [2.05, 4.69) is 15.0 Å². The highest BCUT2D eigenvalue weighted by molar-refractivity contribution is 7.22. The van der Waals surface area contributed by atoms with Crippen LogP contribution in [0.3, 0.4) is 0 Å². The van der Waals surface area contributed by atoms with Gasteiger partial charge in [0.15, 0.2) is 10.8 Å². The van der Waals surface area contributed by atoms with Gasteiger partial charge in [0.1, 0.15) is 11.3 Å². The van der Waals surface area contributed by atoms with Gasteiger partial charge < -0.3 is 4.74 Å². The molecule has 1 saturated heterocycles. The van der Waals surface area contributed by atoms with Crippen molar-refractivity contribution in [2.45, 2.75) is 13.5 Å². The molecule has 2 aromatic heterocycles. The minimum Gasteiger partial charge on any atom is -0.379 e. The van der Waals surface area contributed by atoms with Crippen molar-refractivity contribution in [3.8, 4) is 0 Å². The molecule has 0 N–H and O–H groups in total. The molecule has 1 aliphatic rings. The molecule has 0 aliphatic carbocycles. The monoisotopic (exact) mass is 403 g/mol. The lowest BCUT2D eigenvalue weighted by molar-refractivity contribution is 0.0391. The van der Waals surface area contributed by atoms with E-state index < -0.39 is 0 Å². The smallest absolute Gasteiger partial charge is 0.280 e. The summed E-state index contributed by atoms with van der Waals surface area (Å²) >= 11 is 1.32.